The highest BCUT2D eigenvalue weighted by molar-refractivity contribution is 5.25. The van der Waals surface area contributed by atoms with Crippen molar-refractivity contribution < 1.29 is 13.2 Å². The van der Waals surface area contributed by atoms with Gasteiger partial charge in [-0.25, -0.2) is 13.2 Å². The van der Waals surface area contributed by atoms with E-state index in [4.69, 9.17) is 0 Å². The molecule has 0 aliphatic carbocycles. The van der Waals surface area contributed by atoms with E-state index in [1.807, 2.05) is 6.92 Å². The summed E-state index contributed by atoms with van der Waals surface area (Å²) in [5.41, 5.74) is 0.0132. The Morgan fingerprint density at radius 1 is 1.14 bits per heavy atom. The Balaban J connectivity index is 2.38. The van der Waals surface area contributed by atoms with Crippen LogP contribution in [0.4, 0.5) is 13.2 Å². The molecule has 0 aromatic heterocycles. The summed E-state index contributed by atoms with van der Waals surface area (Å²) in [4.78, 5) is 2.11. The van der Waals surface area contributed by atoms with Crippen molar-refractivity contribution in [2.45, 2.75) is 32.7 Å². The highest BCUT2D eigenvalue weighted by atomic mass is 19.1. The Labute approximate surface area is 124 Å². The average Bonchev–Trinajstić information content (AvgIpc) is 2.43. The van der Waals surface area contributed by atoms with Gasteiger partial charge in [-0.15, -0.1) is 0 Å². The fourth-order valence-corrected chi connectivity index (χ4v) is 3.24. The third kappa shape index (κ3) is 3.77. The predicted molar refractivity (Wildman–Crippen MR) is 77.6 cm³/mol. The smallest absolute Gasteiger partial charge is 0.133 e. The molecule has 0 spiro atoms. The summed E-state index contributed by atoms with van der Waals surface area (Å²) in [6.07, 6.45) is 1.83. The van der Waals surface area contributed by atoms with Gasteiger partial charge in [-0.3, -0.25) is 4.90 Å². The zero-order chi connectivity index (χ0) is 15.4. The number of hydrogen-bond acceptors (Lipinski definition) is 2. The molecular formula is C16H23F3N2. The first-order chi connectivity index (χ1) is 10.0. The molecule has 21 heavy (non-hydrogen) atoms. The molecule has 2 rings (SSSR count). The van der Waals surface area contributed by atoms with E-state index in [1.54, 1.807) is 0 Å². The first-order valence-corrected chi connectivity index (χ1v) is 7.63. The Bertz CT molecular complexity index is 450. The molecule has 1 N–H and O–H groups in total. The minimum absolute atomic E-state index is 0.0132. The van der Waals surface area contributed by atoms with Gasteiger partial charge in [0.1, 0.15) is 17.5 Å². The maximum atomic E-state index is 14.2. The summed E-state index contributed by atoms with van der Waals surface area (Å²) in [6.45, 7) is 7.17. The fourth-order valence-electron chi connectivity index (χ4n) is 3.24. The van der Waals surface area contributed by atoms with Crippen LogP contribution >= 0.6 is 0 Å². The molecule has 1 unspecified atom stereocenters. The van der Waals surface area contributed by atoms with Gasteiger partial charge >= 0.3 is 0 Å². The van der Waals surface area contributed by atoms with Gasteiger partial charge in [0.05, 0.1) is 0 Å². The lowest BCUT2D eigenvalue weighted by Gasteiger charge is -2.38. The van der Waals surface area contributed by atoms with Crippen LogP contribution in [0.3, 0.4) is 0 Å². The number of halogens is 3. The van der Waals surface area contributed by atoms with Gasteiger partial charge in [-0.1, -0.05) is 20.3 Å². The van der Waals surface area contributed by atoms with E-state index in [2.05, 4.69) is 17.1 Å². The van der Waals surface area contributed by atoms with E-state index in [-0.39, 0.29) is 17.5 Å². The van der Waals surface area contributed by atoms with Gasteiger partial charge in [-0.2, -0.15) is 0 Å². The molecule has 0 bridgehead atoms. The lowest BCUT2D eigenvalue weighted by Crippen LogP contribution is -2.47. The van der Waals surface area contributed by atoms with Gasteiger partial charge in [0.15, 0.2) is 0 Å². The third-order valence-electron chi connectivity index (χ3n) is 4.17. The highest BCUT2D eigenvalue weighted by Crippen LogP contribution is 2.35. The molecule has 5 heteroatoms. The molecule has 0 saturated carbocycles. The van der Waals surface area contributed by atoms with Crippen LogP contribution in [0.2, 0.25) is 0 Å². The van der Waals surface area contributed by atoms with Crippen LogP contribution in [0.25, 0.3) is 0 Å². The van der Waals surface area contributed by atoms with Crippen LogP contribution in [0.5, 0.6) is 0 Å². The topological polar surface area (TPSA) is 15.3 Å². The molecule has 1 aromatic carbocycles. The SMILES string of the molecule is CCCC(C)[C@@H](c1c(F)cc(F)cc1F)N1CCNCC1. The molecule has 1 heterocycles. The molecular weight excluding hydrogens is 277 g/mol. The molecule has 0 radical (unpaired) electrons. The standard InChI is InChI=1S/C16H23F3N2/c1-3-4-11(2)16(21-7-5-20-6-8-21)15-13(18)9-12(17)10-14(15)19/h9-11,16,20H,3-8H2,1-2H3/t11?,16-/m0/s1. The Hall–Kier alpha value is -1.07. The Morgan fingerprint density at radius 3 is 2.24 bits per heavy atom. The van der Waals surface area contributed by atoms with E-state index in [1.165, 1.54) is 0 Å². The van der Waals surface area contributed by atoms with E-state index in [9.17, 15) is 13.2 Å². The fraction of sp³-hybridized carbons (Fsp3) is 0.625. The van der Waals surface area contributed by atoms with Crippen LogP contribution in [-0.4, -0.2) is 31.1 Å². The molecule has 0 amide bonds. The third-order valence-corrected chi connectivity index (χ3v) is 4.17. The lowest BCUT2D eigenvalue weighted by molar-refractivity contribution is 0.119. The second-order valence-electron chi connectivity index (χ2n) is 5.78. The summed E-state index contributed by atoms with van der Waals surface area (Å²) in [6, 6.07) is 1.23. The number of hydrogen-bond donors (Lipinski definition) is 1. The van der Waals surface area contributed by atoms with Crippen LogP contribution < -0.4 is 5.32 Å². The van der Waals surface area contributed by atoms with E-state index >= 15 is 0 Å². The Kier molecular flexibility index (Phi) is 5.65. The first kappa shape index (κ1) is 16.3. The molecule has 2 nitrogen and oxygen atoms in total. The number of benzene rings is 1. The summed E-state index contributed by atoms with van der Waals surface area (Å²) >= 11 is 0. The largest absolute Gasteiger partial charge is 0.314 e. The molecule has 1 saturated heterocycles. The Morgan fingerprint density at radius 2 is 1.71 bits per heavy atom. The second-order valence-corrected chi connectivity index (χ2v) is 5.78. The normalized spacial score (nSPS) is 19.5. The lowest BCUT2D eigenvalue weighted by atomic mass is 9.88. The summed E-state index contributed by atoms with van der Waals surface area (Å²) in [5.74, 6) is -2.31. The number of rotatable bonds is 5. The maximum absolute atomic E-state index is 14.2. The molecule has 1 aliphatic heterocycles. The zero-order valence-electron chi connectivity index (χ0n) is 12.6. The van der Waals surface area contributed by atoms with Crippen LogP contribution in [0.15, 0.2) is 12.1 Å². The van der Waals surface area contributed by atoms with Crippen molar-refractivity contribution in [1.29, 1.82) is 0 Å². The highest BCUT2D eigenvalue weighted by Gasteiger charge is 2.31. The predicted octanol–water partition coefficient (Wildman–Crippen LogP) is 3.49. The van der Waals surface area contributed by atoms with Crippen LogP contribution in [0, 0.1) is 23.4 Å². The minimum Gasteiger partial charge on any atom is -0.314 e. The van der Waals surface area contributed by atoms with Crippen molar-refractivity contribution in [2.75, 3.05) is 26.2 Å². The molecule has 1 fully saturated rings. The van der Waals surface area contributed by atoms with E-state index in [0.29, 0.717) is 0 Å². The van der Waals surface area contributed by atoms with Crippen LogP contribution in [0.1, 0.15) is 38.3 Å². The van der Waals surface area contributed by atoms with E-state index in [0.717, 1.165) is 51.2 Å². The molecule has 118 valence electrons. The number of nitrogens with zero attached hydrogens (tertiary/aromatic N) is 1. The van der Waals surface area contributed by atoms with Gasteiger partial charge in [0.25, 0.3) is 0 Å². The van der Waals surface area contributed by atoms with Gasteiger partial charge < -0.3 is 5.32 Å². The van der Waals surface area contributed by atoms with Crippen molar-refractivity contribution >= 4 is 0 Å². The quantitative estimate of drug-likeness (QED) is 0.895. The number of nitrogens with one attached hydrogen (secondary N) is 1. The number of piperazine rings is 1. The van der Waals surface area contributed by atoms with Crippen molar-refractivity contribution in [1.82, 2.24) is 10.2 Å². The average molecular weight is 300 g/mol. The van der Waals surface area contributed by atoms with Gasteiger partial charge in [0, 0.05) is 49.9 Å². The molecule has 1 aliphatic rings. The first-order valence-electron chi connectivity index (χ1n) is 7.63. The van der Waals surface area contributed by atoms with Crippen molar-refractivity contribution in [2.24, 2.45) is 5.92 Å². The monoisotopic (exact) mass is 300 g/mol. The maximum Gasteiger partial charge on any atom is 0.133 e. The van der Waals surface area contributed by atoms with Crippen LogP contribution in [-0.2, 0) is 0 Å². The van der Waals surface area contributed by atoms with Crippen molar-refractivity contribution in [3.63, 3.8) is 0 Å². The van der Waals surface area contributed by atoms with Crippen molar-refractivity contribution in [3.8, 4) is 0 Å². The molecule has 2 atom stereocenters. The van der Waals surface area contributed by atoms with Crippen molar-refractivity contribution in [3.05, 3.63) is 35.1 Å². The summed E-state index contributed by atoms with van der Waals surface area (Å²) < 4.78 is 41.5. The second kappa shape index (κ2) is 7.27. The summed E-state index contributed by atoms with van der Waals surface area (Å²) in [5, 5.41) is 3.24. The van der Waals surface area contributed by atoms with Gasteiger partial charge in [-0.05, 0) is 12.3 Å². The van der Waals surface area contributed by atoms with E-state index < -0.39 is 17.5 Å². The molecule has 1 aromatic rings. The zero-order valence-corrected chi connectivity index (χ0v) is 12.6. The van der Waals surface area contributed by atoms with Gasteiger partial charge in [0.2, 0.25) is 0 Å². The minimum atomic E-state index is -0.865. The summed E-state index contributed by atoms with van der Waals surface area (Å²) in [7, 11) is 0.